The highest BCUT2D eigenvalue weighted by Crippen LogP contribution is 2.38. The number of hydrogen-bond donors (Lipinski definition) is 2. The summed E-state index contributed by atoms with van der Waals surface area (Å²) in [6, 6.07) is 31.6. The van der Waals surface area contributed by atoms with E-state index in [0.29, 0.717) is 11.1 Å². The van der Waals surface area contributed by atoms with Crippen LogP contribution in [-0.2, 0) is 10.8 Å². The molecule has 2 fully saturated rings. The smallest absolute Gasteiger partial charge is 0.173 e. The van der Waals surface area contributed by atoms with E-state index in [1.165, 1.54) is 24.3 Å². The van der Waals surface area contributed by atoms with E-state index in [4.69, 9.17) is 0 Å². The molecule has 0 bridgehead atoms. The molecule has 0 atom stereocenters. The minimum Gasteiger partial charge on any atom is -0.412 e. The number of rotatable bonds is 6. The number of nitrogens with one attached hydrogen (secondary N) is 2. The Balaban J connectivity index is 0.000000294. The van der Waals surface area contributed by atoms with Gasteiger partial charge in [-0.05, 0) is 112 Å². The Hall–Kier alpha value is -3.08. The van der Waals surface area contributed by atoms with Crippen molar-refractivity contribution in [3.05, 3.63) is 143 Å². The fraction of sp³-hybridized carbons (Fsp3) is 0.278. The van der Waals surface area contributed by atoms with Crippen LogP contribution < -0.4 is 10.6 Å². The number of piperidine rings is 2. The van der Waals surface area contributed by atoms with E-state index in [0.717, 1.165) is 63.0 Å². The van der Waals surface area contributed by atoms with Crippen LogP contribution in [0.25, 0.3) is 0 Å². The first-order valence-corrected chi connectivity index (χ1v) is 14.6. The fourth-order valence-electron chi connectivity index (χ4n) is 6.27. The van der Waals surface area contributed by atoms with Crippen LogP contribution in [0.5, 0.6) is 0 Å². The molecule has 5 nitrogen and oxygen atoms in total. The summed E-state index contributed by atoms with van der Waals surface area (Å²) in [6.07, 6.45) is 3.08. The molecule has 0 saturated carbocycles. The third kappa shape index (κ3) is 8.60. The zero-order chi connectivity index (χ0) is 29.4. The molecule has 0 aromatic heterocycles. The molecule has 240 valence electrons. The van der Waals surface area contributed by atoms with E-state index >= 15 is 0 Å². The first kappa shape index (κ1) is 38.1. The highest BCUT2D eigenvalue weighted by atomic mass is 79.9. The lowest BCUT2D eigenvalue weighted by atomic mass is 9.68. The quantitative estimate of drug-likeness (QED) is 0.208. The molecule has 6 rings (SSSR count). The molecule has 2 aliphatic rings. The zero-order valence-corrected chi connectivity index (χ0v) is 28.4. The standard InChI is InChI=1S/2C18H18FNO.2BrH.H2O/c2*19-16-8-6-14(7-9-16)17(21)18(10-12-20-13-11-18)15-4-2-1-3-5-15;;;/h2*1-9,20H,10-13H2;2*1H;1H2. The summed E-state index contributed by atoms with van der Waals surface area (Å²) in [5.74, 6) is -0.443. The molecule has 0 unspecified atom stereocenters. The van der Waals surface area contributed by atoms with Crippen LogP contribution >= 0.6 is 34.0 Å². The van der Waals surface area contributed by atoms with E-state index in [1.54, 1.807) is 24.3 Å². The molecule has 4 aromatic carbocycles. The van der Waals surface area contributed by atoms with Crippen LogP contribution in [0.4, 0.5) is 8.78 Å². The molecule has 9 heteroatoms. The van der Waals surface area contributed by atoms with E-state index < -0.39 is 10.8 Å². The van der Waals surface area contributed by atoms with Gasteiger partial charge in [0.15, 0.2) is 11.6 Å². The number of hydrogen-bond acceptors (Lipinski definition) is 4. The molecule has 0 aliphatic carbocycles. The Morgan fingerprint density at radius 1 is 0.489 bits per heavy atom. The van der Waals surface area contributed by atoms with Crippen LogP contribution in [0.1, 0.15) is 57.5 Å². The first-order chi connectivity index (χ1) is 20.4. The van der Waals surface area contributed by atoms with Crippen molar-refractivity contribution in [3.63, 3.8) is 0 Å². The second-order valence-electron chi connectivity index (χ2n) is 11.1. The van der Waals surface area contributed by atoms with Crippen molar-refractivity contribution in [2.75, 3.05) is 26.2 Å². The molecule has 45 heavy (non-hydrogen) atoms. The van der Waals surface area contributed by atoms with Crippen molar-refractivity contribution < 1.29 is 23.8 Å². The monoisotopic (exact) mass is 744 g/mol. The summed E-state index contributed by atoms with van der Waals surface area (Å²) in [5, 5.41) is 6.62. The average molecular weight is 747 g/mol. The number of benzene rings is 4. The lowest BCUT2D eigenvalue weighted by molar-refractivity contribution is 0.0840. The van der Waals surface area contributed by atoms with Gasteiger partial charge in [-0.15, -0.1) is 34.0 Å². The molecular weight excluding hydrogens is 706 g/mol. The van der Waals surface area contributed by atoms with Crippen LogP contribution in [0.2, 0.25) is 0 Å². The Bertz CT molecular complexity index is 1360. The summed E-state index contributed by atoms with van der Waals surface area (Å²) in [4.78, 5) is 26.2. The Kier molecular flexibility index (Phi) is 14.9. The molecule has 4 N–H and O–H groups in total. The zero-order valence-electron chi connectivity index (χ0n) is 24.9. The predicted molar refractivity (Wildman–Crippen MR) is 186 cm³/mol. The van der Waals surface area contributed by atoms with Gasteiger partial charge in [-0.1, -0.05) is 60.7 Å². The minimum atomic E-state index is -0.496. The number of carbonyl (C=O) groups is 2. The van der Waals surface area contributed by atoms with Crippen molar-refractivity contribution in [1.82, 2.24) is 10.6 Å². The minimum absolute atomic E-state index is 0. The topological polar surface area (TPSA) is 89.7 Å². The Morgan fingerprint density at radius 3 is 1.07 bits per heavy atom. The van der Waals surface area contributed by atoms with E-state index in [-0.39, 0.29) is 62.6 Å². The summed E-state index contributed by atoms with van der Waals surface area (Å²) >= 11 is 0. The molecule has 0 spiro atoms. The van der Waals surface area contributed by atoms with Gasteiger partial charge >= 0.3 is 0 Å². The maximum absolute atomic E-state index is 13.1. The largest absolute Gasteiger partial charge is 0.412 e. The third-order valence-electron chi connectivity index (χ3n) is 8.65. The average Bonchev–Trinajstić information content (AvgIpc) is 3.06. The lowest BCUT2D eigenvalue weighted by Gasteiger charge is -2.37. The molecule has 0 radical (unpaired) electrons. The SMILES string of the molecule is Br.Br.O.O=C(c1ccc(F)cc1)C1(c2ccccc2)CCNCC1.O=C(c1ccc(F)cc1)C1(c2ccccc2)CCNCC1. The third-order valence-corrected chi connectivity index (χ3v) is 8.65. The lowest BCUT2D eigenvalue weighted by Crippen LogP contribution is -2.45. The van der Waals surface area contributed by atoms with Gasteiger partial charge in [0.25, 0.3) is 0 Å². The Morgan fingerprint density at radius 2 is 0.778 bits per heavy atom. The van der Waals surface area contributed by atoms with Gasteiger partial charge in [0.2, 0.25) is 0 Å². The van der Waals surface area contributed by atoms with Gasteiger partial charge in [-0.2, -0.15) is 0 Å². The Labute approximate surface area is 284 Å². The maximum Gasteiger partial charge on any atom is 0.173 e. The van der Waals surface area contributed by atoms with E-state index in [9.17, 15) is 18.4 Å². The van der Waals surface area contributed by atoms with Gasteiger partial charge in [0.1, 0.15) is 11.6 Å². The highest BCUT2D eigenvalue weighted by Gasteiger charge is 2.42. The van der Waals surface area contributed by atoms with Gasteiger partial charge in [-0.3, -0.25) is 9.59 Å². The van der Waals surface area contributed by atoms with Crippen molar-refractivity contribution in [1.29, 1.82) is 0 Å². The summed E-state index contributed by atoms with van der Waals surface area (Å²) < 4.78 is 26.2. The molecule has 2 saturated heterocycles. The normalized spacial score (nSPS) is 16.2. The molecule has 2 aliphatic heterocycles. The van der Waals surface area contributed by atoms with Crippen LogP contribution in [0.3, 0.4) is 0 Å². The summed E-state index contributed by atoms with van der Waals surface area (Å²) in [6.45, 7) is 3.29. The van der Waals surface area contributed by atoms with Crippen LogP contribution in [-0.4, -0.2) is 43.2 Å². The number of ketones is 2. The summed E-state index contributed by atoms with van der Waals surface area (Å²) in [7, 11) is 0. The molecule has 2 heterocycles. The van der Waals surface area contributed by atoms with Crippen molar-refractivity contribution in [3.8, 4) is 0 Å². The number of carbonyl (C=O) groups excluding carboxylic acids is 2. The fourth-order valence-corrected chi connectivity index (χ4v) is 6.27. The predicted octanol–water partition coefficient (Wildman–Crippen LogP) is 6.99. The van der Waals surface area contributed by atoms with Crippen molar-refractivity contribution >= 4 is 45.5 Å². The second kappa shape index (κ2) is 17.6. The molecule has 4 aromatic rings. The number of Topliss-reactive ketones (excluding diaryl/α,β-unsaturated/α-hetero) is 2. The second-order valence-corrected chi connectivity index (χ2v) is 11.1. The van der Waals surface area contributed by atoms with Crippen molar-refractivity contribution in [2.24, 2.45) is 0 Å². The van der Waals surface area contributed by atoms with Crippen LogP contribution in [0, 0.1) is 11.6 Å². The highest BCUT2D eigenvalue weighted by molar-refractivity contribution is 8.93. The van der Waals surface area contributed by atoms with Crippen LogP contribution in [0.15, 0.2) is 109 Å². The summed E-state index contributed by atoms with van der Waals surface area (Å²) in [5.41, 5.74) is 2.29. The molecule has 0 amide bonds. The van der Waals surface area contributed by atoms with Gasteiger partial charge < -0.3 is 16.1 Å². The van der Waals surface area contributed by atoms with Gasteiger partial charge in [0, 0.05) is 11.1 Å². The van der Waals surface area contributed by atoms with E-state index in [2.05, 4.69) is 10.6 Å². The maximum atomic E-state index is 13.1. The van der Waals surface area contributed by atoms with Gasteiger partial charge in [-0.25, -0.2) is 8.78 Å². The number of halogens is 4. The van der Waals surface area contributed by atoms with E-state index in [1.807, 2.05) is 60.7 Å². The van der Waals surface area contributed by atoms with Crippen molar-refractivity contribution in [2.45, 2.75) is 36.5 Å². The molecular formula is C36H40Br2F2N2O3. The van der Waals surface area contributed by atoms with Gasteiger partial charge in [0.05, 0.1) is 10.8 Å². The first-order valence-electron chi connectivity index (χ1n) is 14.6.